The molecule has 26 heavy (non-hydrogen) atoms. The van der Waals surface area contributed by atoms with E-state index in [2.05, 4.69) is 30.9 Å². The molecule has 0 heterocycles. The van der Waals surface area contributed by atoms with Gasteiger partial charge in [-0.25, -0.2) is 0 Å². The lowest BCUT2D eigenvalue weighted by molar-refractivity contribution is -0.757. The van der Waals surface area contributed by atoms with Gasteiger partial charge < -0.3 is 24.7 Å². The summed E-state index contributed by atoms with van der Waals surface area (Å²) < 4.78 is 11.0. The van der Waals surface area contributed by atoms with E-state index in [1.807, 2.05) is 0 Å². The van der Waals surface area contributed by atoms with Crippen LogP contribution in [0.25, 0.3) is 0 Å². The van der Waals surface area contributed by atoms with Crippen LogP contribution in [0.1, 0.15) is 40.0 Å². The lowest BCUT2D eigenvalue weighted by atomic mass is 9.90. The van der Waals surface area contributed by atoms with Crippen molar-refractivity contribution in [1.29, 1.82) is 0 Å². The summed E-state index contributed by atoms with van der Waals surface area (Å²) in [5.74, 6) is 1.08. The van der Waals surface area contributed by atoms with Crippen molar-refractivity contribution in [3.05, 3.63) is 34.4 Å². The van der Waals surface area contributed by atoms with Gasteiger partial charge in [0.1, 0.15) is 37.4 Å². The highest BCUT2D eigenvalue weighted by Crippen LogP contribution is 2.20. The Morgan fingerprint density at radius 1 is 1.15 bits per heavy atom. The third-order valence-electron chi connectivity index (χ3n) is 4.54. The number of nitrogens with zero attached hydrogens (tertiary/aromatic N) is 1. The molecular formula is C18H30N2O6. The minimum absolute atomic E-state index is 0.0561. The van der Waals surface area contributed by atoms with E-state index in [-0.39, 0.29) is 25.4 Å². The van der Waals surface area contributed by atoms with Crippen molar-refractivity contribution in [3.63, 3.8) is 0 Å². The lowest BCUT2D eigenvalue weighted by Crippen LogP contribution is -2.47. The lowest BCUT2D eigenvalue weighted by Gasteiger charge is -2.33. The van der Waals surface area contributed by atoms with Crippen molar-refractivity contribution < 1.29 is 24.5 Å². The Morgan fingerprint density at radius 2 is 1.77 bits per heavy atom. The molecule has 0 aliphatic heterocycles. The predicted molar refractivity (Wildman–Crippen MR) is 98.0 cm³/mol. The number of benzene rings is 1. The zero-order valence-corrected chi connectivity index (χ0v) is 15.8. The Hall–Kier alpha value is -2.06. The van der Waals surface area contributed by atoms with Crippen molar-refractivity contribution >= 4 is 0 Å². The summed E-state index contributed by atoms with van der Waals surface area (Å²) in [4.78, 5) is 14.2. The molecule has 0 bridgehead atoms. The Balaban J connectivity index is 2.39. The van der Waals surface area contributed by atoms with Crippen LogP contribution in [0.15, 0.2) is 24.3 Å². The number of hydrogen-bond donors (Lipinski definition) is 2. The maximum absolute atomic E-state index is 10.2. The van der Waals surface area contributed by atoms with Gasteiger partial charge >= 0.3 is 0 Å². The summed E-state index contributed by atoms with van der Waals surface area (Å²) in [5.41, 5.74) is 0.0561. The maximum atomic E-state index is 10.2. The van der Waals surface area contributed by atoms with E-state index in [1.54, 1.807) is 24.3 Å². The number of nitrogens with one attached hydrogen (secondary N) is 1. The monoisotopic (exact) mass is 370 g/mol. The van der Waals surface area contributed by atoms with Gasteiger partial charge in [0.15, 0.2) is 0 Å². The minimum Gasteiger partial charge on any atom is -0.491 e. The number of β-amino-alcohol motifs (C(OH)–C–C–N with tert-alkyl or cyclic N) is 1. The van der Waals surface area contributed by atoms with Crippen molar-refractivity contribution in [1.82, 2.24) is 5.32 Å². The fraction of sp³-hybridized carbons (Fsp3) is 0.667. The molecule has 0 aromatic heterocycles. The second-order valence-electron chi connectivity index (χ2n) is 6.07. The molecule has 0 aliphatic carbocycles. The van der Waals surface area contributed by atoms with Gasteiger partial charge in [-0.1, -0.05) is 26.8 Å². The van der Waals surface area contributed by atoms with Crippen LogP contribution in [0, 0.1) is 10.1 Å². The highest BCUT2D eigenvalue weighted by molar-refractivity contribution is 5.32. The van der Waals surface area contributed by atoms with E-state index in [9.17, 15) is 15.2 Å². The first-order chi connectivity index (χ1) is 12.4. The Labute approximate surface area is 154 Å². The van der Waals surface area contributed by atoms with Crippen LogP contribution >= 0.6 is 0 Å². The summed E-state index contributed by atoms with van der Waals surface area (Å²) in [6.45, 7) is 6.97. The number of aliphatic hydroxyl groups excluding tert-OH is 1. The van der Waals surface area contributed by atoms with Crippen LogP contribution in [0.3, 0.4) is 0 Å². The van der Waals surface area contributed by atoms with Crippen molar-refractivity contribution in [2.24, 2.45) is 0 Å². The summed E-state index contributed by atoms with van der Waals surface area (Å²) >= 11 is 0. The fourth-order valence-corrected chi connectivity index (χ4v) is 2.64. The number of aliphatic hydroxyl groups is 1. The zero-order chi connectivity index (χ0) is 19.4. The van der Waals surface area contributed by atoms with Crippen LogP contribution in [0.2, 0.25) is 0 Å². The topological polar surface area (TPSA) is 103 Å². The molecule has 0 aliphatic rings. The van der Waals surface area contributed by atoms with Gasteiger partial charge in [-0.2, -0.15) is 0 Å². The second-order valence-corrected chi connectivity index (χ2v) is 6.07. The molecule has 0 spiro atoms. The Morgan fingerprint density at radius 3 is 2.35 bits per heavy atom. The number of hydrogen-bond acceptors (Lipinski definition) is 7. The first kappa shape index (κ1) is 22.0. The molecule has 1 atom stereocenters. The second kappa shape index (κ2) is 11.5. The summed E-state index contributed by atoms with van der Waals surface area (Å²) in [5, 5.41) is 22.8. The molecule has 0 amide bonds. The molecule has 1 rings (SSSR count). The molecule has 1 aromatic rings. The Bertz CT molecular complexity index is 528. The highest BCUT2D eigenvalue weighted by Gasteiger charge is 2.23. The summed E-state index contributed by atoms with van der Waals surface area (Å²) in [7, 11) is 0. The van der Waals surface area contributed by atoms with Crippen LogP contribution in [0.4, 0.5) is 0 Å². The zero-order valence-electron chi connectivity index (χ0n) is 15.8. The van der Waals surface area contributed by atoms with E-state index in [1.165, 1.54) is 0 Å². The van der Waals surface area contributed by atoms with Crippen molar-refractivity contribution in [2.75, 3.05) is 26.4 Å². The van der Waals surface area contributed by atoms with E-state index >= 15 is 0 Å². The minimum atomic E-state index is -0.859. The molecule has 0 saturated heterocycles. The van der Waals surface area contributed by atoms with Crippen LogP contribution in [-0.2, 0) is 4.84 Å². The molecular weight excluding hydrogens is 340 g/mol. The van der Waals surface area contributed by atoms with E-state index in [4.69, 9.17) is 9.47 Å². The molecule has 0 saturated carbocycles. The van der Waals surface area contributed by atoms with E-state index < -0.39 is 11.2 Å². The smallest absolute Gasteiger partial charge is 0.294 e. The van der Waals surface area contributed by atoms with Gasteiger partial charge in [-0.3, -0.25) is 0 Å². The fourth-order valence-electron chi connectivity index (χ4n) is 2.64. The normalized spacial score (nSPS) is 12.5. The molecule has 2 N–H and O–H groups in total. The quantitative estimate of drug-likeness (QED) is 0.295. The number of ether oxygens (including phenoxy) is 2. The standard InChI is InChI=1S/C18H30N2O6/c1-4-18(5-2,6-3)19-13-15(21)14-25-17-9-7-8-16(12-17)24-10-11-26-20(22)23/h7-9,12,15,19,21H,4-6,10-11,13-14H2,1-3H3. The first-order valence-electron chi connectivity index (χ1n) is 9.00. The van der Waals surface area contributed by atoms with Gasteiger partial charge in [0.2, 0.25) is 0 Å². The van der Waals surface area contributed by atoms with Gasteiger partial charge in [0.25, 0.3) is 5.09 Å². The molecule has 8 nitrogen and oxygen atoms in total. The molecule has 1 unspecified atom stereocenters. The van der Waals surface area contributed by atoms with Gasteiger partial charge in [-0.05, 0) is 31.4 Å². The van der Waals surface area contributed by atoms with Crippen molar-refractivity contribution in [2.45, 2.75) is 51.7 Å². The third-order valence-corrected chi connectivity index (χ3v) is 4.54. The van der Waals surface area contributed by atoms with Gasteiger partial charge in [0.05, 0.1) is 0 Å². The highest BCUT2D eigenvalue weighted by atomic mass is 17.0. The van der Waals surface area contributed by atoms with Crippen LogP contribution < -0.4 is 14.8 Å². The maximum Gasteiger partial charge on any atom is 0.294 e. The first-order valence-corrected chi connectivity index (χ1v) is 9.00. The van der Waals surface area contributed by atoms with Crippen LogP contribution in [0.5, 0.6) is 11.5 Å². The molecule has 8 heteroatoms. The molecule has 1 aromatic carbocycles. The summed E-state index contributed by atoms with van der Waals surface area (Å²) in [6.07, 6.45) is 2.39. The largest absolute Gasteiger partial charge is 0.491 e. The Kier molecular flexibility index (Phi) is 9.75. The predicted octanol–water partition coefficient (Wildman–Crippen LogP) is 2.57. The summed E-state index contributed by atoms with van der Waals surface area (Å²) in [6, 6.07) is 6.89. The molecule has 0 radical (unpaired) electrons. The van der Waals surface area contributed by atoms with E-state index in [0.717, 1.165) is 19.3 Å². The average Bonchev–Trinajstić information content (AvgIpc) is 2.65. The average molecular weight is 370 g/mol. The van der Waals surface area contributed by atoms with Crippen LogP contribution in [-0.4, -0.2) is 48.2 Å². The SMILES string of the molecule is CCC(CC)(CC)NCC(O)COc1cccc(OCCO[N+](=O)[O-])c1. The van der Waals surface area contributed by atoms with Crippen molar-refractivity contribution in [3.8, 4) is 11.5 Å². The number of rotatable bonds is 14. The van der Waals surface area contributed by atoms with E-state index in [0.29, 0.717) is 18.0 Å². The third kappa shape index (κ3) is 7.88. The van der Waals surface area contributed by atoms with Gasteiger partial charge in [0, 0.05) is 18.2 Å². The molecule has 148 valence electrons. The van der Waals surface area contributed by atoms with Gasteiger partial charge in [-0.15, -0.1) is 10.1 Å². The molecule has 0 fully saturated rings.